The molecule has 0 atom stereocenters. The van der Waals surface area contributed by atoms with Crippen molar-refractivity contribution in [1.29, 1.82) is 0 Å². The molecule has 0 spiro atoms. The Morgan fingerprint density at radius 2 is 2.00 bits per heavy atom. The first-order valence-electron chi connectivity index (χ1n) is 7.22. The lowest BCUT2D eigenvalue weighted by molar-refractivity contribution is 0.0954. The van der Waals surface area contributed by atoms with Crippen LogP contribution in [0.25, 0.3) is 0 Å². The van der Waals surface area contributed by atoms with Gasteiger partial charge in [-0.2, -0.15) is 0 Å². The first-order chi connectivity index (χ1) is 10.2. The van der Waals surface area contributed by atoms with Crippen LogP contribution in [0.3, 0.4) is 0 Å². The molecule has 0 fully saturated rings. The third kappa shape index (κ3) is 4.86. The number of thiazole rings is 1. The maximum atomic E-state index is 12.0. The zero-order valence-electron chi connectivity index (χ0n) is 12.5. The molecule has 112 valence electrons. The van der Waals surface area contributed by atoms with E-state index in [1.54, 1.807) is 11.3 Å². The van der Waals surface area contributed by atoms with Crippen molar-refractivity contribution in [2.45, 2.75) is 26.7 Å². The number of benzene rings is 1. The first-order valence-corrected chi connectivity index (χ1v) is 8.10. The molecule has 0 aliphatic carbocycles. The molecular weight excluding hydrogens is 282 g/mol. The van der Waals surface area contributed by atoms with Gasteiger partial charge in [0.2, 0.25) is 0 Å². The molecule has 1 aromatic carbocycles. The number of aromatic nitrogens is 1. The first kappa shape index (κ1) is 15.5. The van der Waals surface area contributed by atoms with Crippen molar-refractivity contribution in [3.63, 3.8) is 0 Å². The molecule has 1 amide bonds. The number of carbonyl (C=O) groups excluding carboxylic acids is 1. The highest BCUT2D eigenvalue weighted by Gasteiger charge is 2.05. The van der Waals surface area contributed by atoms with Gasteiger partial charge in [-0.05, 0) is 37.6 Å². The average molecular weight is 303 g/mol. The van der Waals surface area contributed by atoms with Crippen molar-refractivity contribution >= 4 is 22.9 Å². The Hall–Kier alpha value is -1.88. The van der Waals surface area contributed by atoms with E-state index in [0.717, 1.165) is 35.8 Å². The molecule has 0 unspecified atom stereocenters. The zero-order chi connectivity index (χ0) is 15.1. The largest absolute Gasteiger partial charge is 0.385 e. The van der Waals surface area contributed by atoms with Crippen LogP contribution in [0.15, 0.2) is 29.6 Å². The van der Waals surface area contributed by atoms with Gasteiger partial charge in [-0.1, -0.05) is 6.92 Å². The van der Waals surface area contributed by atoms with Gasteiger partial charge in [-0.3, -0.25) is 4.79 Å². The number of rotatable bonds is 7. The van der Waals surface area contributed by atoms with E-state index in [1.165, 1.54) is 0 Å². The van der Waals surface area contributed by atoms with Crippen LogP contribution >= 0.6 is 11.3 Å². The number of amides is 1. The van der Waals surface area contributed by atoms with Crippen LogP contribution in [-0.4, -0.2) is 24.0 Å². The normalized spacial score (nSPS) is 10.4. The molecule has 0 bridgehead atoms. The Morgan fingerprint density at radius 1 is 1.24 bits per heavy atom. The monoisotopic (exact) mass is 303 g/mol. The van der Waals surface area contributed by atoms with Crippen LogP contribution in [0.2, 0.25) is 0 Å². The van der Waals surface area contributed by atoms with Crippen molar-refractivity contribution in [2.24, 2.45) is 0 Å². The van der Waals surface area contributed by atoms with Gasteiger partial charge in [-0.15, -0.1) is 11.3 Å². The second-order valence-corrected chi connectivity index (χ2v) is 5.93. The van der Waals surface area contributed by atoms with E-state index in [2.05, 4.69) is 22.5 Å². The van der Waals surface area contributed by atoms with Crippen molar-refractivity contribution < 1.29 is 4.79 Å². The summed E-state index contributed by atoms with van der Waals surface area (Å²) in [5, 5.41) is 9.31. The molecule has 2 N–H and O–H groups in total. The fourth-order valence-electron chi connectivity index (χ4n) is 1.94. The molecule has 0 aliphatic heterocycles. The predicted octanol–water partition coefficient (Wildman–Crippen LogP) is 3.25. The van der Waals surface area contributed by atoms with E-state index >= 15 is 0 Å². The van der Waals surface area contributed by atoms with Gasteiger partial charge >= 0.3 is 0 Å². The van der Waals surface area contributed by atoms with Crippen LogP contribution in [0.1, 0.15) is 34.4 Å². The lowest BCUT2D eigenvalue weighted by Gasteiger charge is -2.07. The molecule has 2 aromatic rings. The summed E-state index contributed by atoms with van der Waals surface area (Å²) >= 11 is 1.64. The van der Waals surface area contributed by atoms with E-state index in [9.17, 15) is 4.79 Å². The molecule has 0 radical (unpaired) electrons. The van der Waals surface area contributed by atoms with E-state index in [1.807, 2.05) is 36.6 Å². The maximum Gasteiger partial charge on any atom is 0.251 e. The molecule has 21 heavy (non-hydrogen) atoms. The van der Waals surface area contributed by atoms with Crippen molar-refractivity contribution in [3.8, 4) is 0 Å². The SMILES string of the molecule is CCCNc1ccc(C(=O)NCCc2csc(C)n2)cc1. The van der Waals surface area contributed by atoms with Crippen LogP contribution in [0, 0.1) is 6.92 Å². The van der Waals surface area contributed by atoms with E-state index in [0.29, 0.717) is 12.1 Å². The Labute approximate surface area is 129 Å². The Bertz CT molecular complexity index is 577. The Balaban J connectivity index is 1.79. The minimum atomic E-state index is -0.0380. The number of aryl methyl sites for hydroxylation is 1. The summed E-state index contributed by atoms with van der Waals surface area (Å²) in [5.41, 5.74) is 2.77. The van der Waals surface area contributed by atoms with Gasteiger partial charge in [-0.25, -0.2) is 4.98 Å². The average Bonchev–Trinajstić information content (AvgIpc) is 2.91. The van der Waals surface area contributed by atoms with Gasteiger partial charge in [0, 0.05) is 36.1 Å². The third-order valence-electron chi connectivity index (χ3n) is 3.06. The summed E-state index contributed by atoms with van der Waals surface area (Å²) < 4.78 is 0. The van der Waals surface area contributed by atoms with Crippen molar-refractivity contribution in [2.75, 3.05) is 18.4 Å². The minimum absolute atomic E-state index is 0.0380. The molecular formula is C16H21N3OS. The summed E-state index contributed by atoms with van der Waals surface area (Å²) in [6.45, 7) is 5.66. The highest BCUT2D eigenvalue weighted by atomic mass is 32.1. The van der Waals surface area contributed by atoms with Crippen LogP contribution < -0.4 is 10.6 Å². The van der Waals surface area contributed by atoms with Crippen LogP contribution in [-0.2, 0) is 6.42 Å². The van der Waals surface area contributed by atoms with Crippen molar-refractivity contribution in [3.05, 3.63) is 45.9 Å². The summed E-state index contributed by atoms with van der Waals surface area (Å²) in [7, 11) is 0. The molecule has 5 heteroatoms. The highest BCUT2D eigenvalue weighted by Crippen LogP contribution is 2.10. The van der Waals surface area contributed by atoms with Gasteiger partial charge in [0.1, 0.15) is 0 Å². The van der Waals surface area contributed by atoms with Gasteiger partial charge in [0.05, 0.1) is 10.7 Å². The molecule has 0 aliphatic rings. The number of carbonyl (C=O) groups is 1. The third-order valence-corrected chi connectivity index (χ3v) is 3.88. The fourth-order valence-corrected chi connectivity index (χ4v) is 2.59. The topological polar surface area (TPSA) is 54.0 Å². The minimum Gasteiger partial charge on any atom is -0.385 e. The standard InChI is InChI=1S/C16H21N3OS/c1-3-9-17-14-6-4-13(5-7-14)16(20)18-10-8-15-11-21-12(2)19-15/h4-7,11,17H,3,8-10H2,1-2H3,(H,18,20). The number of hydrogen-bond acceptors (Lipinski definition) is 4. The van der Waals surface area contributed by atoms with Gasteiger partial charge in [0.25, 0.3) is 5.91 Å². The molecule has 0 saturated heterocycles. The van der Waals surface area contributed by atoms with Gasteiger partial charge < -0.3 is 10.6 Å². The zero-order valence-corrected chi connectivity index (χ0v) is 13.3. The molecule has 1 aromatic heterocycles. The van der Waals surface area contributed by atoms with E-state index in [-0.39, 0.29) is 5.91 Å². The van der Waals surface area contributed by atoms with Crippen molar-refractivity contribution in [1.82, 2.24) is 10.3 Å². The quantitative estimate of drug-likeness (QED) is 0.825. The summed E-state index contributed by atoms with van der Waals surface area (Å²) in [6, 6.07) is 7.57. The molecule has 4 nitrogen and oxygen atoms in total. The molecule has 0 saturated carbocycles. The predicted molar refractivity (Wildman–Crippen MR) is 88.1 cm³/mol. The Morgan fingerprint density at radius 3 is 2.62 bits per heavy atom. The molecule has 1 heterocycles. The maximum absolute atomic E-state index is 12.0. The van der Waals surface area contributed by atoms with E-state index < -0.39 is 0 Å². The van der Waals surface area contributed by atoms with E-state index in [4.69, 9.17) is 0 Å². The second kappa shape index (κ2) is 7.78. The lowest BCUT2D eigenvalue weighted by atomic mass is 10.2. The highest BCUT2D eigenvalue weighted by molar-refractivity contribution is 7.09. The lowest BCUT2D eigenvalue weighted by Crippen LogP contribution is -2.25. The number of anilines is 1. The van der Waals surface area contributed by atoms with Crippen LogP contribution in [0.4, 0.5) is 5.69 Å². The number of nitrogens with one attached hydrogen (secondary N) is 2. The fraction of sp³-hybridized carbons (Fsp3) is 0.375. The summed E-state index contributed by atoms with van der Waals surface area (Å²) in [6.07, 6.45) is 1.85. The van der Waals surface area contributed by atoms with Gasteiger partial charge in [0.15, 0.2) is 0 Å². The smallest absolute Gasteiger partial charge is 0.251 e. The summed E-state index contributed by atoms with van der Waals surface area (Å²) in [4.78, 5) is 16.4. The Kier molecular flexibility index (Phi) is 5.75. The number of nitrogens with zero attached hydrogens (tertiary/aromatic N) is 1. The number of hydrogen-bond donors (Lipinski definition) is 2. The molecule has 2 rings (SSSR count). The summed E-state index contributed by atoms with van der Waals surface area (Å²) in [5.74, 6) is -0.0380. The van der Waals surface area contributed by atoms with Crippen LogP contribution in [0.5, 0.6) is 0 Å². The second-order valence-electron chi connectivity index (χ2n) is 4.87.